The molecule has 3 rings (SSSR count). The number of benzene rings is 1. The Morgan fingerprint density at radius 2 is 2.38 bits per heavy atom. The molecule has 2 N–H and O–H groups in total. The van der Waals surface area contributed by atoms with E-state index in [9.17, 15) is 4.79 Å². The zero-order valence-electron chi connectivity index (χ0n) is 13.1. The molecule has 128 valence electrons. The van der Waals surface area contributed by atoms with Crippen LogP contribution in [0.3, 0.4) is 0 Å². The van der Waals surface area contributed by atoms with Gasteiger partial charge in [0.1, 0.15) is 10.6 Å². The van der Waals surface area contributed by atoms with Crippen molar-refractivity contribution in [2.45, 2.75) is 18.9 Å². The number of carbonyl (C=O) groups is 1. The second kappa shape index (κ2) is 7.65. The number of thiocarbonyl (C=S) groups is 1. The van der Waals surface area contributed by atoms with Gasteiger partial charge in [-0.05, 0) is 43.3 Å². The Bertz CT molecular complexity index is 772. The molecule has 1 atom stereocenters. The number of hydrogen-bond acceptors (Lipinski definition) is 5. The number of hydrogen-bond donors (Lipinski definition) is 2. The molecule has 0 bridgehead atoms. The maximum atomic E-state index is 12.4. The number of fused-ring (bicyclic) bond motifs is 1. The highest BCUT2D eigenvalue weighted by atomic mass is 35.5. The van der Waals surface area contributed by atoms with E-state index in [2.05, 4.69) is 10.6 Å². The number of halogens is 1. The summed E-state index contributed by atoms with van der Waals surface area (Å²) in [7, 11) is 1.60. The lowest BCUT2D eigenvalue weighted by atomic mass is 10.2. The zero-order chi connectivity index (χ0) is 17.1. The van der Waals surface area contributed by atoms with Crippen LogP contribution in [0, 0.1) is 0 Å². The molecule has 1 fully saturated rings. The first-order chi connectivity index (χ1) is 11.6. The number of nitrogens with one attached hydrogen (secondary N) is 2. The normalized spacial score (nSPS) is 17.0. The summed E-state index contributed by atoms with van der Waals surface area (Å²) in [6, 6.07) is 5.52. The lowest BCUT2D eigenvalue weighted by molar-refractivity contribution is 0.0977. The molecule has 2 heterocycles. The van der Waals surface area contributed by atoms with Crippen LogP contribution in [0.5, 0.6) is 5.75 Å². The molecule has 1 aromatic heterocycles. The molecule has 8 heteroatoms. The van der Waals surface area contributed by atoms with E-state index in [1.165, 1.54) is 11.3 Å². The van der Waals surface area contributed by atoms with E-state index >= 15 is 0 Å². The SMILES string of the molecule is COc1ccc2c(Cl)c(C(=O)NC(=S)NC[C@H]3CCCO3)sc2c1. The average Bonchev–Trinajstić information content (AvgIpc) is 3.20. The summed E-state index contributed by atoms with van der Waals surface area (Å²) >= 11 is 12.8. The molecule has 0 radical (unpaired) electrons. The van der Waals surface area contributed by atoms with Crippen molar-refractivity contribution in [2.75, 3.05) is 20.3 Å². The van der Waals surface area contributed by atoms with Crippen molar-refractivity contribution in [3.05, 3.63) is 28.1 Å². The van der Waals surface area contributed by atoms with Gasteiger partial charge in [0.25, 0.3) is 5.91 Å². The van der Waals surface area contributed by atoms with Gasteiger partial charge in [0.05, 0.1) is 18.2 Å². The van der Waals surface area contributed by atoms with Gasteiger partial charge >= 0.3 is 0 Å². The summed E-state index contributed by atoms with van der Waals surface area (Å²) in [5, 5.41) is 7.22. The number of ether oxygens (including phenoxy) is 2. The quantitative estimate of drug-likeness (QED) is 0.791. The molecule has 0 saturated carbocycles. The average molecular weight is 385 g/mol. The fraction of sp³-hybridized carbons (Fsp3) is 0.375. The summed E-state index contributed by atoms with van der Waals surface area (Å²) in [5.74, 6) is 0.408. The van der Waals surface area contributed by atoms with Crippen LogP contribution in [0.4, 0.5) is 0 Å². The van der Waals surface area contributed by atoms with Gasteiger partial charge in [0.2, 0.25) is 0 Å². The van der Waals surface area contributed by atoms with Gasteiger partial charge < -0.3 is 14.8 Å². The van der Waals surface area contributed by atoms with Crippen LogP contribution in [-0.2, 0) is 4.74 Å². The topological polar surface area (TPSA) is 59.6 Å². The standard InChI is InChI=1S/C16H17ClN2O3S2/c1-21-9-4-5-11-12(7-9)24-14(13(11)17)15(20)19-16(23)18-8-10-3-2-6-22-10/h4-5,7,10H,2-3,6,8H2,1H3,(H2,18,19,20,23)/t10-/m1/s1. The minimum Gasteiger partial charge on any atom is -0.497 e. The molecule has 1 aliphatic heterocycles. The van der Waals surface area contributed by atoms with E-state index < -0.39 is 0 Å². The number of carbonyl (C=O) groups excluding carboxylic acids is 1. The fourth-order valence-electron chi connectivity index (χ4n) is 2.53. The molecule has 0 unspecified atom stereocenters. The Labute approximate surface area is 154 Å². The van der Waals surface area contributed by atoms with E-state index in [0.717, 1.165) is 35.3 Å². The number of thiophene rings is 1. The van der Waals surface area contributed by atoms with Crippen LogP contribution < -0.4 is 15.4 Å². The Balaban J connectivity index is 1.66. The van der Waals surface area contributed by atoms with Gasteiger partial charge in [-0.25, -0.2) is 0 Å². The van der Waals surface area contributed by atoms with Gasteiger partial charge in [-0.1, -0.05) is 11.6 Å². The van der Waals surface area contributed by atoms with Gasteiger partial charge in [-0.2, -0.15) is 0 Å². The van der Waals surface area contributed by atoms with Crippen LogP contribution >= 0.6 is 35.2 Å². The Kier molecular flexibility index (Phi) is 5.55. The van der Waals surface area contributed by atoms with Crippen molar-refractivity contribution < 1.29 is 14.3 Å². The maximum Gasteiger partial charge on any atom is 0.269 e. The first-order valence-corrected chi connectivity index (χ1v) is 9.15. The molecular formula is C16H17ClN2O3S2. The van der Waals surface area contributed by atoms with E-state index in [1.807, 2.05) is 18.2 Å². The molecule has 2 aromatic rings. The molecule has 1 saturated heterocycles. The van der Waals surface area contributed by atoms with Crippen molar-refractivity contribution in [3.8, 4) is 5.75 Å². The van der Waals surface area contributed by atoms with Crippen molar-refractivity contribution >= 4 is 56.3 Å². The Morgan fingerprint density at radius 1 is 1.54 bits per heavy atom. The van der Waals surface area contributed by atoms with Crippen LogP contribution in [0.25, 0.3) is 10.1 Å². The highest BCUT2D eigenvalue weighted by Gasteiger charge is 2.19. The first-order valence-electron chi connectivity index (χ1n) is 7.55. The summed E-state index contributed by atoms with van der Waals surface area (Å²) < 4.78 is 11.6. The molecule has 0 aliphatic carbocycles. The van der Waals surface area contributed by atoms with E-state index in [4.69, 9.17) is 33.3 Å². The number of rotatable bonds is 4. The third kappa shape index (κ3) is 3.80. The predicted molar refractivity (Wildman–Crippen MR) is 100 cm³/mol. The minimum atomic E-state index is -0.315. The van der Waals surface area contributed by atoms with Crippen LogP contribution in [-0.4, -0.2) is 37.4 Å². The largest absolute Gasteiger partial charge is 0.497 e. The third-order valence-corrected chi connectivity index (χ3v) is 5.69. The molecule has 1 aromatic carbocycles. The van der Waals surface area contributed by atoms with Gasteiger partial charge in [0.15, 0.2) is 5.11 Å². The van der Waals surface area contributed by atoms with E-state index in [0.29, 0.717) is 16.4 Å². The Morgan fingerprint density at radius 3 is 3.08 bits per heavy atom. The molecular weight excluding hydrogens is 368 g/mol. The second-order valence-corrected chi connectivity index (χ2v) is 7.24. The molecule has 5 nitrogen and oxygen atoms in total. The summed E-state index contributed by atoms with van der Waals surface area (Å²) in [6.07, 6.45) is 2.22. The monoisotopic (exact) mass is 384 g/mol. The van der Waals surface area contributed by atoms with E-state index in [-0.39, 0.29) is 17.1 Å². The van der Waals surface area contributed by atoms with Crippen LogP contribution in [0.15, 0.2) is 18.2 Å². The highest BCUT2D eigenvalue weighted by Crippen LogP contribution is 2.37. The van der Waals surface area contributed by atoms with Gasteiger partial charge in [-0.3, -0.25) is 10.1 Å². The minimum absolute atomic E-state index is 0.153. The summed E-state index contributed by atoms with van der Waals surface area (Å²) in [4.78, 5) is 12.9. The number of methoxy groups -OCH3 is 1. The second-order valence-electron chi connectivity index (χ2n) is 5.41. The highest BCUT2D eigenvalue weighted by molar-refractivity contribution is 7.80. The number of amides is 1. The lowest BCUT2D eigenvalue weighted by Gasteiger charge is -2.13. The van der Waals surface area contributed by atoms with Crippen molar-refractivity contribution in [1.82, 2.24) is 10.6 Å². The zero-order valence-corrected chi connectivity index (χ0v) is 15.4. The smallest absolute Gasteiger partial charge is 0.269 e. The molecule has 1 amide bonds. The van der Waals surface area contributed by atoms with Crippen molar-refractivity contribution in [1.29, 1.82) is 0 Å². The van der Waals surface area contributed by atoms with Gasteiger partial charge in [0, 0.05) is 23.2 Å². The fourth-order valence-corrected chi connectivity index (χ4v) is 4.15. The van der Waals surface area contributed by atoms with Crippen LogP contribution in [0.1, 0.15) is 22.5 Å². The van der Waals surface area contributed by atoms with E-state index in [1.54, 1.807) is 7.11 Å². The first kappa shape index (κ1) is 17.4. The van der Waals surface area contributed by atoms with Crippen LogP contribution in [0.2, 0.25) is 5.02 Å². The maximum absolute atomic E-state index is 12.4. The molecule has 1 aliphatic rings. The lowest BCUT2D eigenvalue weighted by Crippen LogP contribution is -2.42. The molecule has 0 spiro atoms. The molecule has 24 heavy (non-hydrogen) atoms. The van der Waals surface area contributed by atoms with Crippen molar-refractivity contribution in [3.63, 3.8) is 0 Å². The predicted octanol–water partition coefficient (Wildman–Crippen LogP) is 3.35. The van der Waals surface area contributed by atoms with Gasteiger partial charge in [-0.15, -0.1) is 11.3 Å². The summed E-state index contributed by atoms with van der Waals surface area (Å²) in [5.41, 5.74) is 0. The summed E-state index contributed by atoms with van der Waals surface area (Å²) in [6.45, 7) is 1.38. The third-order valence-electron chi connectivity index (χ3n) is 3.78. The Hall–Kier alpha value is -1.41. The van der Waals surface area contributed by atoms with Crippen molar-refractivity contribution in [2.24, 2.45) is 0 Å².